The quantitative estimate of drug-likeness (QED) is 0.736. The van der Waals surface area contributed by atoms with Crippen molar-refractivity contribution in [1.29, 1.82) is 0 Å². The highest BCUT2D eigenvalue weighted by atomic mass is 16.4. The van der Waals surface area contributed by atoms with Gasteiger partial charge in [-0.05, 0) is 6.42 Å². The normalized spacial score (nSPS) is 10.4. The first-order valence-corrected chi connectivity index (χ1v) is 5.05. The van der Waals surface area contributed by atoms with Gasteiger partial charge < -0.3 is 9.52 Å². The van der Waals surface area contributed by atoms with Crippen LogP contribution in [0.2, 0.25) is 0 Å². The largest absolute Gasteiger partial charge is 0.508 e. The van der Waals surface area contributed by atoms with Gasteiger partial charge in [0.15, 0.2) is 0 Å². The Morgan fingerprint density at radius 1 is 1.29 bits per heavy atom. The molecule has 1 aromatic rings. The molecule has 1 N–H and O–H groups in total. The summed E-state index contributed by atoms with van der Waals surface area (Å²) in [6.07, 6.45) is 5.24. The van der Waals surface area contributed by atoms with Gasteiger partial charge in [0.2, 0.25) is 0 Å². The van der Waals surface area contributed by atoms with Crippen LogP contribution in [0.4, 0.5) is 0 Å². The molecular weight excluding hydrogens is 180 g/mol. The highest BCUT2D eigenvalue weighted by molar-refractivity contribution is 5.18. The van der Waals surface area contributed by atoms with Crippen molar-refractivity contribution < 1.29 is 9.52 Å². The van der Waals surface area contributed by atoms with Crippen LogP contribution in [-0.2, 0) is 6.42 Å². The van der Waals surface area contributed by atoms with E-state index >= 15 is 0 Å². The fourth-order valence-corrected chi connectivity index (χ4v) is 1.36. The van der Waals surface area contributed by atoms with Gasteiger partial charge in [0, 0.05) is 12.5 Å². The molecule has 0 aliphatic rings. The highest BCUT2D eigenvalue weighted by Crippen LogP contribution is 2.11. The second kappa shape index (κ2) is 5.47. The van der Waals surface area contributed by atoms with Crippen molar-refractivity contribution in [3.63, 3.8) is 0 Å². The fraction of sp³-hybridized carbons (Fsp3) is 0.545. The fourth-order valence-electron chi connectivity index (χ4n) is 1.36. The van der Waals surface area contributed by atoms with Crippen molar-refractivity contribution in [2.24, 2.45) is 0 Å². The Kier molecular flexibility index (Phi) is 4.23. The molecule has 0 aliphatic carbocycles. The van der Waals surface area contributed by atoms with Gasteiger partial charge in [-0.25, -0.2) is 4.79 Å². The van der Waals surface area contributed by atoms with E-state index in [4.69, 9.17) is 9.52 Å². The van der Waals surface area contributed by atoms with Crippen LogP contribution in [0, 0.1) is 0 Å². The smallest absolute Gasteiger partial charge is 0.339 e. The SMILES string of the molecule is CCCCCCc1cc(O)cc(=O)o1. The molecule has 1 aromatic heterocycles. The average Bonchev–Trinajstić information content (AvgIpc) is 2.11. The summed E-state index contributed by atoms with van der Waals surface area (Å²) in [6.45, 7) is 2.15. The Hall–Kier alpha value is -1.25. The van der Waals surface area contributed by atoms with Crippen molar-refractivity contribution in [3.05, 3.63) is 28.3 Å². The van der Waals surface area contributed by atoms with E-state index in [1.165, 1.54) is 18.9 Å². The van der Waals surface area contributed by atoms with Gasteiger partial charge in [-0.2, -0.15) is 0 Å². The molecule has 0 atom stereocenters. The molecule has 78 valence electrons. The number of hydrogen-bond donors (Lipinski definition) is 1. The van der Waals surface area contributed by atoms with E-state index < -0.39 is 5.63 Å². The summed E-state index contributed by atoms with van der Waals surface area (Å²) in [5.41, 5.74) is -0.476. The predicted octanol–water partition coefficient (Wildman–Crippen LogP) is 2.47. The standard InChI is InChI=1S/C11H16O3/c1-2-3-4-5-6-10-7-9(12)8-11(13)14-10/h7-8,12H,2-6H2,1H3. The van der Waals surface area contributed by atoms with Crippen LogP contribution in [0.25, 0.3) is 0 Å². The zero-order chi connectivity index (χ0) is 10.4. The Balaban J connectivity index is 2.46. The summed E-state index contributed by atoms with van der Waals surface area (Å²) >= 11 is 0. The Morgan fingerprint density at radius 2 is 2.07 bits per heavy atom. The molecule has 0 aromatic carbocycles. The van der Waals surface area contributed by atoms with E-state index in [2.05, 4.69) is 6.92 Å². The van der Waals surface area contributed by atoms with E-state index in [0.717, 1.165) is 25.3 Å². The van der Waals surface area contributed by atoms with Crippen LogP contribution in [0.15, 0.2) is 21.3 Å². The third kappa shape index (κ3) is 3.64. The minimum atomic E-state index is -0.476. The number of aryl methyl sites for hydroxylation is 1. The van der Waals surface area contributed by atoms with Crippen molar-refractivity contribution in [2.75, 3.05) is 0 Å². The lowest BCUT2D eigenvalue weighted by Gasteiger charge is -1.99. The van der Waals surface area contributed by atoms with Crippen LogP contribution in [0.5, 0.6) is 5.75 Å². The first kappa shape index (κ1) is 10.8. The molecule has 14 heavy (non-hydrogen) atoms. The lowest BCUT2D eigenvalue weighted by atomic mass is 10.1. The molecule has 0 unspecified atom stereocenters. The van der Waals surface area contributed by atoms with Gasteiger partial charge in [0.1, 0.15) is 11.5 Å². The second-order valence-corrected chi connectivity index (χ2v) is 3.41. The Morgan fingerprint density at radius 3 is 2.71 bits per heavy atom. The van der Waals surface area contributed by atoms with Crippen molar-refractivity contribution in [1.82, 2.24) is 0 Å². The van der Waals surface area contributed by atoms with E-state index in [1.54, 1.807) is 0 Å². The summed E-state index contributed by atoms with van der Waals surface area (Å²) in [4.78, 5) is 10.9. The summed E-state index contributed by atoms with van der Waals surface area (Å²) in [7, 11) is 0. The van der Waals surface area contributed by atoms with E-state index in [1.807, 2.05) is 0 Å². The molecule has 0 bridgehead atoms. The molecule has 0 saturated heterocycles. The molecule has 3 nitrogen and oxygen atoms in total. The Labute approximate surface area is 83.4 Å². The van der Waals surface area contributed by atoms with Crippen LogP contribution >= 0.6 is 0 Å². The number of unbranched alkanes of at least 4 members (excludes halogenated alkanes) is 3. The summed E-state index contributed by atoms with van der Waals surface area (Å²) in [6, 6.07) is 2.59. The van der Waals surface area contributed by atoms with Gasteiger partial charge in [-0.15, -0.1) is 0 Å². The maximum absolute atomic E-state index is 10.9. The minimum Gasteiger partial charge on any atom is -0.508 e. The molecule has 0 saturated carbocycles. The molecule has 0 spiro atoms. The van der Waals surface area contributed by atoms with Crippen LogP contribution < -0.4 is 5.63 Å². The molecule has 0 aliphatic heterocycles. The number of hydrogen-bond acceptors (Lipinski definition) is 3. The van der Waals surface area contributed by atoms with Crippen molar-refractivity contribution >= 4 is 0 Å². The minimum absolute atomic E-state index is 0.00765. The molecule has 3 heteroatoms. The first-order valence-electron chi connectivity index (χ1n) is 5.05. The molecule has 1 rings (SSSR count). The number of aromatic hydroxyl groups is 1. The van der Waals surface area contributed by atoms with Gasteiger partial charge in [-0.3, -0.25) is 0 Å². The van der Waals surface area contributed by atoms with Crippen molar-refractivity contribution in [2.45, 2.75) is 39.0 Å². The summed E-state index contributed by atoms with van der Waals surface area (Å²) < 4.78 is 4.92. The topological polar surface area (TPSA) is 50.4 Å². The zero-order valence-corrected chi connectivity index (χ0v) is 8.45. The van der Waals surface area contributed by atoms with Gasteiger partial charge >= 0.3 is 5.63 Å². The molecule has 0 radical (unpaired) electrons. The van der Waals surface area contributed by atoms with Crippen LogP contribution in [0.3, 0.4) is 0 Å². The lowest BCUT2D eigenvalue weighted by Crippen LogP contribution is -1.98. The van der Waals surface area contributed by atoms with Crippen LogP contribution in [0.1, 0.15) is 38.4 Å². The lowest BCUT2D eigenvalue weighted by molar-refractivity contribution is 0.418. The highest BCUT2D eigenvalue weighted by Gasteiger charge is 2.00. The van der Waals surface area contributed by atoms with E-state index in [9.17, 15) is 4.79 Å². The van der Waals surface area contributed by atoms with E-state index in [0.29, 0.717) is 5.76 Å². The Bertz CT molecular complexity index is 328. The second-order valence-electron chi connectivity index (χ2n) is 3.41. The third-order valence-electron chi connectivity index (χ3n) is 2.08. The maximum Gasteiger partial charge on any atom is 0.339 e. The zero-order valence-electron chi connectivity index (χ0n) is 8.45. The third-order valence-corrected chi connectivity index (χ3v) is 2.08. The average molecular weight is 196 g/mol. The maximum atomic E-state index is 10.9. The molecular formula is C11H16O3. The molecule has 0 amide bonds. The van der Waals surface area contributed by atoms with Crippen molar-refractivity contribution in [3.8, 4) is 5.75 Å². The van der Waals surface area contributed by atoms with Gasteiger partial charge in [0.05, 0.1) is 6.07 Å². The predicted molar refractivity (Wildman–Crippen MR) is 54.5 cm³/mol. The summed E-state index contributed by atoms with van der Waals surface area (Å²) in [5.74, 6) is 0.567. The monoisotopic (exact) mass is 196 g/mol. The summed E-state index contributed by atoms with van der Waals surface area (Å²) in [5, 5.41) is 9.14. The van der Waals surface area contributed by atoms with Crippen LogP contribution in [-0.4, -0.2) is 5.11 Å². The number of rotatable bonds is 5. The van der Waals surface area contributed by atoms with Gasteiger partial charge in [0.25, 0.3) is 0 Å². The van der Waals surface area contributed by atoms with E-state index in [-0.39, 0.29) is 5.75 Å². The molecule has 0 fully saturated rings. The van der Waals surface area contributed by atoms with Gasteiger partial charge in [-0.1, -0.05) is 26.2 Å². The molecule has 1 heterocycles. The first-order chi connectivity index (χ1) is 6.72.